The largest absolute Gasteiger partial charge is 0.365 e. The molecule has 0 saturated carbocycles. The van der Waals surface area contributed by atoms with Gasteiger partial charge in [0.15, 0.2) is 5.82 Å². The van der Waals surface area contributed by atoms with Gasteiger partial charge in [-0.3, -0.25) is 0 Å². The molecule has 2 rings (SSSR count). The Hall–Kier alpha value is -0.940. The van der Waals surface area contributed by atoms with Crippen molar-refractivity contribution in [2.24, 2.45) is 5.73 Å². The van der Waals surface area contributed by atoms with Gasteiger partial charge >= 0.3 is 0 Å². The molecule has 0 aromatic carbocycles. The fourth-order valence-electron chi connectivity index (χ4n) is 1.99. The first kappa shape index (κ1) is 11.5. The van der Waals surface area contributed by atoms with E-state index in [1.807, 2.05) is 6.92 Å². The summed E-state index contributed by atoms with van der Waals surface area (Å²) in [4.78, 5) is 4.35. The van der Waals surface area contributed by atoms with Crippen molar-refractivity contribution >= 4 is 0 Å². The minimum Gasteiger partial charge on any atom is -0.365 e. The molecule has 1 aromatic rings. The fraction of sp³-hybridized carbons (Fsp3) is 0.818. The van der Waals surface area contributed by atoms with Crippen molar-refractivity contribution in [3.63, 3.8) is 0 Å². The molecular weight excluding hydrogens is 206 g/mol. The van der Waals surface area contributed by atoms with Crippen LogP contribution in [-0.4, -0.2) is 16.7 Å². The highest BCUT2D eigenvalue weighted by atomic mass is 16.5. The minimum atomic E-state index is -0.406. The average Bonchev–Trinajstić information content (AvgIpc) is 2.86. The summed E-state index contributed by atoms with van der Waals surface area (Å²) in [6.07, 6.45) is 3.85. The molecule has 1 aliphatic heterocycles. The van der Waals surface area contributed by atoms with E-state index in [2.05, 4.69) is 17.1 Å². The van der Waals surface area contributed by atoms with E-state index in [9.17, 15) is 0 Å². The maximum atomic E-state index is 5.93. The third kappa shape index (κ3) is 2.10. The van der Waals surface area contributed by atoms with E-state index in [0.717, 1.165) is 32.3 Å². The zero-order valence-corrected chi connectivity index (χ0v) is 9.90. The number of hydrogen-bond acceptors (Lipinski definition) is 5. The number of hydrogen-bond donors (Lipinski definition) is 1. The minimum absolute atomic E-state index is 0.132. The molecule has 1 saturated heterocycles. The first-order valence-corrected chi connectivity index (χ1v) is 5.89. The Bertz CT molecular complexity index is 345. The van der Waals surface area contributed by atoms with Gasteiger partial charge in [-0.05, 0) is 26.2 Å². The Morgan fingerprint density at radius 1 is 1.56 bits per heavy atom. The highest BCUT2D eigenvalue weighted by Gasteiger charge is 2.37. The lowest BCUT2D eigenvalue weighted by Crippen LogP contribution is -2.21. The van der Waals surface area contributed by atoms with Crippen LogP contribution < -0.4 is 5.73 Å². The molecule has 0 bridgehead atoms. The summed E-state index contributed by atoms with van der Waals surface area (Å²) in [5, 5.41) is 3.93. The molecule has 0 amide bonds. The second-order valence-corrected chi connectivity index (χ2v) is 4.54. The molecule has 2 heterocycles. The summed E-state index contributed by atoms with van der Waals surface area (Å²) < 4.78 is 10.9. The second kappa shape index (κ2) is 4.51. The molecule has 2 unspecified atom stereocenters. The van der Waals surface area contributed by atoms with Gasteiger partial charge in [0.05, 0.1) is 6.04 Å². The monoisotopic (exact) mass is 225 g/mol. The molecule has 0 spiro atoms. The van der Waals surface area contributed by atoms with Crippen molar-refractivity contribution in [2.75, 3.05) is 6.61 Å². The van der Waals surface area contributed by atoms with Crippen molar-refractivity contribution < 1.29 is 9.26 Å². The first-order chi connectivity index (χ1) is 7.65. The van der Waals surface area contributed by atoms with Crippen LogP contribution in [0.15, 0.2) is 4.52 Å². The van der Waals surface area contributed by atoms with Crippen LogP contribution in [0.4, 0.5) is 0 Å². The summed E-state index contributed by atoms with van der Waals surface area (Å²) in [5.41, 5.74) is 5.53. The smallest absolute Gasteiger partial charge is 0.258 e. The van der Waals surface area contributed by atoms with Crippen molar-refractivity contribution in [3.05, 3.63) is 11.7 Å². The van der Waals surface area contributed by atoms with E-state index < -0.39 is 5.60 Å². The maximum Gasteiger partial charge on any atom is 0.258 e. The number of nitrogens with two attached hydrogens (primary N) is 1. The van der Waals surface area contributed by atoms with E-state index in [4.69, 9.17) is 15.0 Å². The molecular formula is C11H19N3O2. The summed E-state index contributed by atoms with van der Waals surface area (Å²) in [6.45, 7) is 4.83. The highest BCUT2D eigenvalue weighted by Crippen LogP contribution is 2.34. The van der Waals surface area contributed by atoms with Gasteiger partial charge in [-0.25, -0.2) is 0 Å². The quantitative estimate of drug-likeness (QED) is 0.847. The van der Waals surface area contributed by atoms with Gasteiger partial charge in [-0.15, -0.1) is 0 Å². The molecule has 16 heavy (non-hydrogen) atoms. The molecule has 2 atom stereocenters. The predicted molar refractivity (Wildman–Crippen MR) is 58.7 cm³/mol. The summed E-state index contributed by atoms with van der Waals surface area (Å²) in [7, 11) is 0. The second-order valence-electron chi connectivity index (χ2n) is 4.54. The van der Waals surface area contributed by atoms with Crippen LogP contribution >= 0.6 is 0 Å². The summed E-state index contributed by atoms with van der Waals surface area (Å²) in [6, 6.07) is -0.132. The fourth-order valence-corrected chi connectivity index (χ4v) is 1.99. The summed E-state index contributed by atoms with van der Waals surface area (Å²) in [5.74, 6) is 1.15. The summed E-state index contributed by atoms with van der Waals surface area (Å²) >= 11 is 0. The van der Waals surface area contributed by atoms with Crippen molar-refractivity contribution in [1.29, 1.82) is 0 Å². The molecule has 0 aliphatic carbocycles. The maximum absolute atomic E-state index is 5.93. The lowest BCUT2D eigenvalue weighted by atomic mass is 10.0. The van der Waals surface area contributed by atoms with Crippen molar-refractivity contribution in [1.82, 2.24) is 10.1 Å². The normalized spacial score (nSPS) is 27.2. The zero-order valence-electron chi connectivity index (χ0n) is 9.90. The van der Waals surface area contributed by atoms with Crippen LogP contribution in [0.3, 0.4) is 0 Å². The Balaban J connectivity index is 2.12. The van der Waals surface area contributed by atoms with Crippen molar-refractivity contribution in [3.8, 4) is 0 Å². The molecule has 1 aliphatic rings. The lowest BCUT2D eigenvalue weighted by Gasteiger charge is -2.17. The molecule has 0 radical (unpaired) electrons. The standard InChI is InChI=1S/C11H19N3O2/c1-3-5-8(12)9-13-10(16-14-9)11(2)6-4-7-15-11/h8H,3-7,12H2,1-2H3. The Labute approximate surface area is 95.3 Å². The van der Waals surface area contributed by atoms with Gasteiger partial charge in [0.25, 0.3) is 5.89 Å². The van der Waals surface area contributed by atoms with Gasteiger partial charge in [-0.2, -0.15) is 4.98 Å². The number of aromatic nitrogens is 2. The van der Waals surface area contributed by atoms with Crippen molar-refractivity contribution in [2.45, 2.75) is 51.2 Å². The first-order valence-electron chi connectivity index (χ1n) is 5.89. The molecule has 90 valence electrons. The Kier molecular flexibility index (Phi) is 3.25. The molecule has 5 heteroatoms. The Morgan fingerprint density at radius 3 is 3.00 bits per heavy atom. The van der Waals surface area contributed by atoms with Gasteiger partial charge in [0.2, 0.25) is 0 Å². The van der Waals surface area contributed by atoms with E-state index >= 15 is 0 Å². The van der Waals surface area contributed by atoms with Crippen LogP contribution in [0.5, 0.6) is 0 Å². The SMILES string of the molecule is CCCC(N)c1noc(C2(C)CCCO2)n1. The van der Waals surface area contributed by atoms with Crippen LogP contribution in [0.25, 0.3) is 0 Å². The number of rotatable bonds is 4. The molecule has 5 nitrogen and oxygen atoms in total. The average molecular weight is 225 g/mol. The van der Waals surface area contributed by atoms with E-state index in [1.54, 1.807) is 0 Å². The van der Waals surface area contributed by atoms with E-state index in [1.165, 1.54) is 0 Å². The van der Waals surface area contributed by atoms with Crippen LogP contribution in [0.1, 0.15) is 57.3 Å². The van der Waals surface area contributed by atoms with Crippen LogP contribution in [0, 0.1) is 0 Å². The van der Waals surface area contributed by atoms with Gasteiger partial charge in [-0.1, -0.05) is 18.5 Å². The molecule has 2 N–H and O–H groups in total. The lowest BCUT2D eigenvalue weighted by molar-refractivity contribution is -0.00937. The molecule has 1 fully saturated rings. The van der Waals surface area contributed by atoms with Gasteiger partial charge < -0.3 is 15.0 Å². The van der Waals surface area contributed by atoms with E-state index in [0.29, 0.717) is 11.7 Å². The van der Waals surface area contributed by atoms with Gasteiger partial charge in [0, 0.05) is 6.61 Å². The topological polar surface area (TPSA) is 74.2 Å². The van der Waals surface area contributed by atoms with Gasteiger partial charge in [0.1, 0.15) is 5.60 Å². The number of ether oxygens (including phenoxy) is 1. The van der Waals surface area contributed by atoms with Crippen LogP contribution in [0.2, 0.25) is 0 Å². The van der Waals surface area contributed by atoms with Crippen LogP contribution in [-0.2, 0) is 10.3 Å². The zero-order chi connectivity index (χ0) is 11.6. The third-order valence-corrected chi connectivity index (χ3v) is 3.04. The highest BCUT2D eigenvalue weighted by molar-refractivity contribution is 5.02. The van der Waals surface area contributed by atoms with E-state index in [-0.39, 0.29) is 6.04 Å². The molecule has 1 aromatic heterocycles. The third-order valence-electron chi connectivity index (χ3n) is 3.04. The Morgan fingerprint density at radius 2 is 2.38 bits per heavy atom. The number of nitrogens with zero attached hydrogens (tertiary/aromatic N) is 2. The predicted octanol–water partition coefficient (Wildman–Crippen LogP) is 1.90.